The van der Waals surface area contributed by atoms with Crippen molar-refractivity contribution in [1.29, 1.82) is 0 Å². The molecule has 128 valence electrons. The summed E-state index contributed by atoms with van der Waals surface area (Å²) in [5.74, 6) is 0. The Morgan fingerprint density at radius 1 is 0.619 bits per heavy atom. The van der Waals surface area contributed by atoms with E-state index in [4.69, 9.17) is 4.74 Å². The van der Waals surface area contributed by atoms with Crippen LogP contribution < -0.4 is 0 Å². The molecule has 1 nitrogen and oxygen atoms in total. The van der Waals surface area contributed by atoms with Crippen LogP contribution >= 0.6 is 12.6 Å². The molecule has 0 spiro atoms. The van der Waals surface area contributed by atoms with E-state index in [0.29, 0.717) is 0 Å². The van der Waals surface area contributed by atoms with Gasteiger partial charge in [0, 0.05) is 6.61 Å². The van der Waals surface area contributed by atoms with Crippen molar-refractivity contribution in [2.75, 3.05) is 6.61 Å². The van der Waals surface area contributed by atoms with Gasteiger partial charge in [0.2, 0.25) is 0 Å². The summed E-state index contributed by atoms with van der Waals surface area (Å²) in [5.41, 5.74) is 0.145. The summed E-state index contributed by atoms with van der Waals surface area (Å²) in [5, 5.41) is 0. The molecule has 1 unspecified atom stereocenters. The van der Waals surface area contributed by atoms with Gasteiger partial charge in [0.25, 0.3) is 0 Å². The first-order valence-corrected chi connectivity index (χ1v) is 10.1. The van der Waals surface area contributed by atoms with Gasteiger partial charge in [-0.2, -0.15) is 0 Å². The molecule has 0 aliphatic carbocycles. The molecule has 21 heavy (non-hydrogen) atoms. The molecule has 0 radical (unpaired) electrons. The number of hydrogen-bond acceptors (Lipinski definition) is 2. The van der Waals surface area contributed by atoms with E-state index in [1.165, 1.54) is 89.9 Å². The predicted molar refractivity (Wildman–Crippen MR) is 99.3 cm³/mol. The second-order valence-electron chi connectivity index (χ2n) is 6.33. The maximum absolute atomic E-state index is 5.56. The Labute approximate surface area is 140 Å². The number of thiol groups is 1. The Hall–Kier alpha value is 0.310. The van der Waals surface area contributed by atoms with E-state index in [-0.39, 0.29) is 5.44 Å². The molecule has 0 fully saturated rings. The number of ether oxygens (including phenoxy) is 1. The topological polar surface area (TPSA) is 9.23 Å². The van der Waals surface area contributed by atoms with Crippen molar-refractivity contribution >= 4 is 12.6 Å². The minimum Gasteiger partial charge on any atom is -0.368 e. The third-order valence-corrected chi connectivity index (χ3v) is 4.67. The molecule has 0 aliphatic rings. The third kappa shape index (κ3) is 18.3. The fourth-order valence-electron chi connectivity index (χ4n) is 2.63. The molecule has 0 bridgehead atoms. The SMILES string of the molecule is CCCCCCCCCCCCCCCCOC(S)CC. The van der Waals surface area contributed by atoms with Crippen molar-refractivity contribution in [2.45, 2.75) is 116 Å². The van der Waals surface area contributed by atoms with Crippen LogP contribution in [0.1, 0.15) is 110 Å². The Morgan fingerprint density at radius 2 is 1.00 bits per heavy atom. The average molecular weight is 317 g/mol. The molecule has 0 aliphatic heterocycles. The molecule has 0 aromatic heterocycles. The zero-order chi connectivity index (χ0) is 15.6. The van der Waals surface area contributed by atoms with Crippen LogP contribution in [-0.2, 0) is 4.74 Å². The van der Waals surface area contributed by atoms with Crippen molar-refractivity contribution in [1.82, 2.24) is 0 Å². The Balaban J connectivity index is 2.96. The second-order valence-corrected chi connectivity index (χ2v) is 6.91. The second kappa shape index (κ2) is 18.4. The first kappa shape index (κ1) is 21.3. The van der Waals surface area contributed by atoms with E-state index in [2.05, 4.69) is 26.5 Å². The van der Waals surface area contributed by atoms with E-state index in [0.717, 1.165) is 13.0 Å². The largest absolute Gasteiger partial charge is 0.368 e. The highest BCUT2D eigenvalue weighted by atomic mass is 32.1. The molecule has 0 heterocycles. The molecule has 0 saturated heterocycles. The first-order valence-electron chi connectivity index (χ1n) is 9.61. The monoisotopic (exact) mass is 316 g/mol. The van der Waals surface area contributed by atoms with Crippen molar-refractivity contribution in [3.8, 4) is 0 Å². The summed E-state index contributed by atoms with van der Waals surface area (Å²) < 4.78 is 5.56. The number of rotatable bonds is 17. The summed E-state index contributed by atoms with van der Waals surface area (Å²) in [6, 6.07) is 0. The van der Waals surface area contributed by atoms with Crippen LogP contribution in [-0.4, -0.2) is 12.0 Å². The van der Waals surface area contributed by atoms with Gasteiger partial charge in [-0.15, -0.1) is 12.6 Å². The highest BCUT2D eigenvalue weighted by Crippen LogP contribution is 2.13. The van der Waals surface area contributed by atoms with E-state index in [1.54, 1.807) is 0 Å². The zero-order valence-corrected chi connectivity index (χ0v) is 15.6. The van der Waals surface area contributed by atoms with Crippen LogP contribution in [0.2, 0.25) is 0 Å². The molecule has 0 rings (SSSR count). The standard InChI is InChI=1S/C19H40OS/c1-3-5-6-7-8-9-10-11-12-13-14-15-16-17-18-20-19(21)4-2/h19,21H,3-18H2,1-2H3. The lowest BCUT2D eigenvalue weighted by molar-refractivity contribution is 0.108. The Bertz CT molecular complexity index is 184. The van der Waals surface area contributed by atoms with Crippen LogP contribution in [0.15, 0.2) is 0 Å². The number of hydrogen-bond donors (Lipinski definition) is 1. The van der Waals surface area contributed by atoms with Gasteiger partial charge in [0.05, 0.1) is 5.44 Å². The van der Waals surface area contributed by atoms with E-state index < -0.39 is 0 Å². The van der Waals surface area contributed by atoms with Crippen LogP contribution in [0, 0.1) is 0 Å². The van der Waals surface area contributed by atoms with Crippen LogP contribution in [0.3, 0.4) is 0 Å². The van der Waals surface area contributed by atoms with Gasteiger partial charge < -0.3 is 4.74 Å². The highest BCUT2D eigenvalue weighted by Gasteiger charge is 1.98. The van der Waals surface area contributed by atoms with Crippen LogP contribution in [0.4, 0.5) is 0 Å². The molecule has 0 aromatic carbocycles. The maximum atomic E-state index is 5.56. The number of unbranched alkanes of at least 4 members (excludes halogenated alkanes) is 13. The molecule has 2 heteroatoms. The first-order chi connectivity index (χ1) is 10.3. The van der Waals surface area contributed by atoms with Gasteiger partial charge in [-0.25, -0.2) is 0 Å². The summed E-state index contributed by atoms with van der Waals surface area (Å²) in [4.78, 5) is 0. The molecule has 0 aromatic rings. The normalized spacial score (nSPS) is 12.7. The fraction of sp³-hybridized carbons (Fsp3) is 1.00. The minimum atomic E-state index is 0.145. The zero-order valence-electron chi connectivity index (χ0n) is 14.7. The van der Waals surface area contributed by atoms with Crippen molar-refractivity contribution in [3.05, 3.63) is 0 Å². The molecule has 1 atom stereocenters. The molecular formula is C19H40OS. The lowest BCUT2D eigenvalue weighted by atomic mass is 10.0. The van der Waals surface area contributed by atoms with Gasteiger partial charge >= 0.3 is 0 Å². The predicted octanol–water partition coefficient (Wildman–Crippen LogP) is 7.15. The highest BCUT2D eigenvalue weighted by molar-refractivity contribution is 7.80. The van der Waals surface area contributed by atoms with Gasteiger partial charge in [-0.3, -0.25) is 0 Å². The molecule has 0 N–H and O–H groups in total. The summed E-state index contributed by atoms with van der Waals surface area (Å²) in [6.07, 6.45) is 20.7. The Kier molecular flexibility index (Phi) is 18.6. The van der Waals surface area contributed by atoms with Gasteiger partial charge in [-0.05, 0) is 12.8 Å². The van der Waals surface area contributed by atoms with Crippen LogP contribution in [0.5, 0.6) is 0 Å². The lowest BCUT2D eigenvalue weighted by Gasteiger charge is -2.09. The molecule has 0 saturated carbocycles. The van der Waals surface area contributed by atoms with Crippen molar-refractivity contribution < 1.29 is 4.74 Å². The van der Waals surface area contributed by atoms with E-state index in [1.807, 2.05) is 0 Å². The van der Waals surface area contributed by atoms with Crippen molar-refractivity contribution in [2.24, 2.45) is 0 Å². The van der Waals surface area contributed by atoms with Gasteiger partial charge in [0.1, 0.15) is 0 Å². The summed E-state index contributed by atoms with van der Waals surface area (Å²) in [6.45, 7) is 5.29. The maximum Gasteiger partial charge on any atom is 0.0996 e. The third-order valence-electron chi connectivity index (χ3n) is 4.16. The van der Waals surface area contributed by atoms with Gasteiger partial charge in [-0.1, -0.05) is 97.3 Å². The summed E-state index contributed by atoms with van der Waals surface area (Å²) in [7, 11) is 0. The van der Waals surface area contributed by atoms with Crippen LogP contribution in [0.25, 0.3) is 0 Å². The quantitative estimate of drug-likeness (QED) is 0.170. The molecule has 0 amide bonds. The van der Waals surface area contributed by atoms with E-state index >= 15 is 0 Å². The van der Waals surface area contributed by atoms with E-state index in [9.17, 15) is 0 Å². The van der Waals surface area contributed by atoms with Gasteiger partial charge in [0.15, 0.2) is 0 Å². The molecular weight excluding hydrogens is 276 g/mol. The minimum absolute atomic E-state index is 0.145. The van der Waals surface area contributed by atoms with Crippen molar-refractivity contribution in [3.63, 3.8) is 0 Å². The summed E-state index contributed by atoms with van der Waals surface area (Å²) >= 11 is 4.33. The Morgan fingerprint density at radius 3 is 1.38 bits per heavy atom. The fourth-order valence-corrected chi connectivity index (χ4v) is 2.74. The lowest BCUT2D eigenvalue weighted by Crippen LogP contribution is -2.04. The smallest absolute Gasteiger partial charge is 0.0996 e. The average Bonchev–Trinajstić information content (AvgIpc) is 2.50.